The Balaban J connectivity index is 2.02. The third kappa shape index (κ3) is 3.44. The summed E-state index contributed by atoms with van der Waals surface area (Å²) < 4.78 is 9.85. The summed E-state index contributed by atoms with van der Waals surface area (Å²) >= 11 is 0. The van der Waals surface area contributed by atoms with Gasteiger partial charge in [-0.3, -0.25) is 0 Å². The molecule has 1 saturated heterocycles. The first-order valence-electron chi connectivity index (χ1n) is 5.25. The summed E-state index contributed by atoms with van der Waals surface area (Å²) in [4.78, 5) is 11.5. The van der Waals surface area contributed by atoms with Crippen molar-refractivity contribution in [3.63, 3.8) is 0 Å². The van der Waals surface area contributed by atoms with Crippen molar-refractivity contribution in [2.75, 3.05) is 13.2 Å². The average molecular weight is 229 g/mol. The molecular weight excluding hydrogens is 218 g/mol. The van der Waals surface area contributed by atoms with Gasteiger partial charge in [0.1, 0.15) is 24.4 Å². The molecular formula is C13H11NO3. The third-order valence-electron chi connectivity index (χ3n) is 2.25. The van der Waals surface area contributed by atoms with Crippen molar-refractivity contribution in [2.24, 2.45) is 0 Å². The largest absolute Gasteiger partial charge is 0.459 e. The Morgan fingerprint density at radius 2 is 2.24 bits per heavy atom. The van der Waals surface area contributed by atoms with Crippen LogP contribution in [0.5, 0.6) is 0 Å². The van der Waals surface area contributed by atoms with Gasteiger partial charge in [-0.1, -0.05) is 30.3 Å². The van der Waals surface area contributed by atoms with Crippen LogP contribution < -0.4 is 0 Å². The van der Waals surface area contributed by atoms with Crippen LogP contribution in [0.1, 0.15) is 5.56 Å². The number of nitriles is 1. The van der Waals surface area contributed by atoms with E-state index in [0.29, 0.717) is 6.61 Å². The number of epoxide rings is 1. The molecule has 0 aliphatic carbocycles. The summed E-state index contributed by atoms with van der Waals surface area (Å²) in [5.41, 5.74) is 0.792. The van der Waals surface area contributed by atoms with E-state index < -0.39 is 5.97 Å². The molecule has 1 fully saturated rings. The van der Waals surface area contributed by atoms with Crippen molar-refractivity contribution in [1.29, 1.82) is 5.26 Å². The molecule has 1 unspecified atom stereocenters. The van der Waals surface area contributed by atoms with E-state index >= 15 is 0 Å². The van der Waals surface area contributed by atoms with E-state index in [1.807, 2.05) is 36.4 Å². The molecule has 17 heavy (non-hydrogen) atoms. The third-order valence-corrected chi connectivity index (χ3v) is 2.25. The van der Waals surface area contributed by atoms with Crippen LogP contribution in [-0.2, 0) is 14.3 Å². The molecule has 1 heterocycles. The monoisotopic (exact) mass is 229 g/mol. The van der Waals surface area contributed by atoms with Gasteiger partial charge < -0.3 is 9.47 Å². The second kappa shape index (κ2) is 5.28. The molecule has 4 heteroatoms. The molecule has 1 aliphatic heterocycles. The van der Waals surface area contributed by atoms with Crippen LogP contribution in [0.3, 0.4) is 0 Å². The SMILES string of the molecule is N#CC(=Cc1ccccc1)C(=O)OCC1CO1. The summed E-state index contributed by atoms with van der Waals surface area (Å²) in [5.74, 6) is -0.605. The maximum absolute atomic E-state index is 11.5. The van der Waals surface area contributed by atoms with Crippen molar-refractivity contribution in [1.82, 2.24) is 0 Å². The molecule has 0 N–H and O–H groups in total. The van der Waals surface area contributed by atoms with Crippen molar-refractivity contribution < 1.29 is 14.3 Å². The number of hydrogen-bond acceptors (Lipinski definition) is 4. The fourth-order valence-corrected chi connectivity index (χ4v) is 1.26. The van der Waals surface area contributed by atoms with E-state index in [-0.39, 0.29) is 18.3 Å². The number of ether oxygens (including phenoxy) is 2. The van der Waals surface area contributed by atoms with Crippen molar-refractivity contribution in [3.8, 4) is 6.07 Å². The lowest BCUT2D eigenvalue weighted by Crippen LogP contribution is -2.11. The van der Waals surface area contributed by atoms with Gasteiger partial charge in [0.05, 0.1) is 6.61 Å². The highest BCUT2D eigenvalue weighted by Crippen LogP contribution is 2.11. The summed E-state index contributed by atoms with van der Waals surface area (Å²) in [5, 5.41) is 8.89. The Labute approximate surface area is 99.1 Å². The molecule has 0 bridgehead atoms. The van der Waals surface area contributed by atoms with E-state index in [2.05, 4.69) is 0 Å². The highest BCUT2D eigenvalue weighted by atomic mass is 16.6. The highest BCUT2D eigenvalue weighted by molar-refractivity contribution is 5.97. The second-order valence-electron chi connectivity index (χ2n) is 3.63. The van der Waals surface area contributed by atoms with Gasteiger partial charge >= 0.3 is 5.97 Å². The quantitative estimate of drug-likeness (QED) is 0.340. The first-order valence-corrected chi connectivity index (χ1v) is 5.25. The van der Waals surface area contributed by atoms with Crippen molar-refractivity contribution in [3.05, 3.63) is 41.5 Å². The molecule has 1 aromatic carbocycles. The van der Waals surface area contributed by atoms with E-state index in [4.69, 9.17) is 14.7 Å². The number of nitrogens with zero attached hydrogens (tertiary/aromatic N) is 1. The van der Waals surface area contributed by atoms with E-state index in [1.165, 1.54) is 6.08 Å². The van der Waals surface area contributed by atoms with Gasteiger partial charge in [-0.15, -0.1) is 0 Å². The zero-order valence-electron chi connectivity index (χ0n) is 9.13. The van der Waals surface area contributed by atoms with Gasteiger partial charge in [-0.25, -0.2) is 4.79 Å². The van der Waals surface area contributed by atoms with Crippen LogP contribution in [0, 0.1) is 11.3 Å². The van der Waals surface area contributed by atoms with Crippen LogP contribution in [0.15, 0.2) is 35.9 Å². The average Bonchev–Trinajstić information content (AvgIpc) is 3.18. The van der Waals surface area contributed by atoms with Gasteiger partial charge in [0.2, 0.25) is 0 Å². The minimum atomic E-state index is -0.605. The summed E-state index contributed by atoms with van der Waals surface area (Å²) in [6.45, 7) is 0.838. The zero-order chi connectivity index (χ0) is 12.1. The van der Waals surface area contributed by atoms with Crippen LogP contribution in [0.25, 0.3) is 6.08 Å². The Morgan fingerprint density at radius 3 is 2.82 bits per heavy atom. The summed E-state index contributed by atoms with van der Waals surface area (Å²) in [6, 6.07) is 11.0. The second-order valence-corrected chi connectivity index (χ2v) is 3.63. The lowest BCUT2D eigenvalue weighted by atomic mass is 10.1. The molecule has 0 saturated carbocycles. The Bertz CT molecular complexity index is 469. The molecule has 86 valence electrons. The molecule has 0 radical (unpaired) electrons. The topological polar surface area (TPSA) is 62.6 Å². The normalized spacial score (nSPS) is 18.3. The molecule has 1 aliphatic rings. The van der Waals surface area contributed by atoms with Gasteiger partial charge in [0.15, 0.2) is 0 Å². The van der Waals surface area contributed by atoms with E-state index in [9.17, 15) is 4.79 Å². The number of carbonyl (C=O) groups is 1. The Hall–Kier alpha value is -2.12. The fourth-order valence-electron chi connectivity index (χ4n) is 1.26. The first kappa shape index (κ1) is 11.4. The molecule has 0 spiro atoms. The molecule has 0 amide bonds. The lowest BCUT2D eigenvalue weighted by Gasteiger charge is -2.00. The maximum Gasteiger partial charge on any atom is 0.348 e. The fraction of sp³-hybridized carbons (Fsp3) is 0.231. The molecule has 1 aromatic rings. The van der Waals surface area contributed by atoms with Crippen LogP contribution in [-0.4, -0.2) is 25.3 Å². The van der Waals surface area contributed by atoms with E-state index in [1.54, 1.807) is 0 Å². The van der Waals surface area contributed by atoms with Gasteiger partial charge in [0.25, 0.3) is 0 Å². The molecule has 2 rings (SSSR count). The number of rotatable bonds is 4. The number of esters is 1. The first-order chi connectivity index (χ1) is 8.29. The molecule has 4 nitrogen and oxygen atoms in total. The van der Waals surface area contributed by atoms with Gasteiger partial charge in [-0.05, 0) is 11.6 Å². The van der Waals surface area contributed by atoms with Crippen LogP contribution >= 0.6 is 0 Å². The van der Waals surface area contributed by atoms with Gasteiger partial charge in [-0.2, -0.15) is 5.26 Å². The van der Waals surface area contributed by atoms with Gasteiger partial charge in [0, 0.05) is 0 Å². The number of benzene rings is 1. The minimum Gasteiger partial charge on any atom is -0.459 e. The standard InChI is InChI=1S/C13H11NO3/c14-7-11(6-10-4-2-1-3-5-10)13(15)17-9-12-8-16-12/h1-6,12H,8-9H2. The predicted molar refractivity (Wildman–Crippen MR) is 60.7 cm³/mol. The maximum atomic E-state index is 11.5. The smallest absolute Gasteiger partial charge is 0.348 e. The van der Waals surface area contributed by atoms with Crippen LogP contribution in [0.4, 0.5) is 0 Å². The zero-order valence-corrected chi connectivity index (χ0v) is 9.13. The van der Waals surface area contributed by atoms with E-state index in [0.717, 1.165) is 5.56 Å². The number of hydrogen-bond donors (Lipinski definition) is 0. The van der Waals surface area contributed by atoms with Crippen molar-refractivity contribution >= 4 is 12.0 Å². The number of carbonyl (C=O) groups excluding carboxylic acids is 1. The Morgan fingerprint density at radius 1 is 1.53 bits per heavy atom. The Kier molecular flexibility index (Phi) is 3.53. The predicted octanol–water partition coefficient (Wildman–Crippen LogP) is 1.54. The van der Waals surface area contributed by atoms with Crippen LogP contribution in [0.2, 0.25) is 0 Å². The minimum absolute atomic E-state index is 0.00292. The summed E-state index contributed by atoms with van der Waals surface area (Å²) in [7, 11) is 0. The molecule has 0 aromatic heterocycles. The van der Waals surface area contributed by atoms with Crippen molar-refractivity contribution in [2.45, 2.75) is 6.10 Å². The molecule has 1 atom stereocenters. The summed E-state index contributed by atoms with van der Waals surface area (Å²) in [6.07, 6.45) is 1.52. The highest BCUT2D eigenvalue weighted by Gasteiger charge is 2.25. The lowest BCUT2D eigenvalue weighted by molar-refractivity contribution is -0.138.